The number of unbranched alkanes of at least 4 members (excludes halogenated alkanes) is 16. The second-order valence-electron chi connectivity index (χ2n) is 12.0. The second-order valence-corrected chi connectivity index (χ2v) is 14.9. The third-order valence-electron chi connectivity index (χ3n) is 8.51. The first kappa shape index (κ1) is 30.4. The number of hydrogen-bond donors (Lipinski definition) is 0. The van der Waals surface area contributed by atoms with Crippen LogP contribution in [0.3, 0.4) is 0 Å². The minimum Gasteiger partial charge on any atom is -0.0840 e. The van der Waals surface area contributed by atoms with Gasteiger partial charge in [0.25, 0.3) is 0 Å². The lowest BCUT2D eigenvalue weighted by Gasteiger charge is -2.30. The van der Waals surface area contributed by atoms with Crippen LogP contribution in [0.1, 0.15) is 156 Å². The van der Waals surface area contributed by atoms with Crippen molar-refractivity contribution < 1.29 is 0 Å². The SMILES string of the molecule is CCCCCCCCCCCCCCCCCCC1=C(CCCC)C=CC1[SiH2]C1(C)C=CC=CC1. The zero-order valence-corrected chi connectivity index (χ0v) is 25.5. The van der Waals surface area contributed by atoms with Crippen molar-refractivity contribution >= 4 is 9.52 Å². The van der Waals surface area contributed by atoms with Crippen LogP contribution in [0.4, 0.5) is 0 Å². The van der Waals surface area contributed by atoms with Gasteiger partial charge in [0.1, 0.15) is 0 Å². The molecule has 0 saturated heterocycles. The van der Waals surface area contributed by atoms with E-state index in [2.05, 4.69) is 57.2 Å². The molecule has 2 atom stereocenters. The molecule has 0 fully saturated rings. The largest absolute Gasteiger partial charge is 0.0840 e. The summed E-state index contributed by atoms with van der Waals surface area (Å²) >= 11 is 0. The molecule has 0 amide bonds. The van der Waals surface area contributed by atoms with Gasteiger partial charge >= 0.3 is 0 Å². The highest BCUT2D eigenvalue weighted by molar-refractivity contribution is 6.45. The van der Waals surface area contributed by atoms with E-state index in [9.17, 15) is 0 Å². The highest BCUT2D eigenvalue weighted by Crippen LogP contribution is 2.44. The van der Waals surface area contributed by atoms with Gasteiger partial charge in [-0.1, -0.05) is 166 Å². The molecule has 0 aromatic rings. The molecule has 200 valence electrons. The highest BCUT2D eigenvalue weighted by atomic mass is 28.2. The first-order valence-electron chi connectivity index (χ1n) is 15.9. The van der Waals surface area contributed by atoms with Crippen molar-refractivity contribution in [2.75, 3.05) is 0 Å². The van der Waals surface area contributed by atoms with E-state index >= 15 is 0 Å². The summed E-state index contributed by atoms with van der Waals surface area (Å²) in [7, 11) is -0.207. The molecular weight excluding hydrogens is 436 g/mol. The Morgan fingerprint density at radius 3 is 1.74 bits per heavy atom. The lowest BCUT2D eigenvalue weighted by Crippen LogP contribution is -2.20. The Kier molecular flexibility index (Phi) is 16.8. The molecule has 2 rings (SSSR count). The molecule has 1 heteroatoms. The standard InChI is InChI=1S/C34H60Si/c1-4-6-8-9-10-11-12-13-14-15-16-17-18-19-20-22-26-32-31(25-7-5-2)27-28-33(32)35-34(3)29-23-21-24-30-34/h21,23-24,27-29,33H,4-20,22,25-26,30,35H2,1-3H3. The maximum Gasteiger partial charge on any atom is 0.0447 e. The second kappa shape index (κ2) is 19.3. The molecule has 0 N–H and O–H groups in total. The molecule has 0 heterocycles. The van der Waals surface area contributed by atoms with Crippen molar-refractivity contribution in [3.8, 4) is 0 Å². The van der Waals surface area contributed by atoms with Crippen LogP contribution in [-0.2, 0) is 0 Å². The molecule has 0 nitrogen and oxygen atoms in total. The Labute approximate surface area is 223 Å². The van der Waals surface area contributed by atoms with Gasteiger partial charge in [-0.2, -0.15) is 0 Å². The van der Waals surface area contributed by atoms with Crippen LogP contribution >= 0.6 is 0 Å². The van der Waals surface area contributed by atoms with Gasteiger partial charge in [0.2, 0.25) is 0 Å². The van der Waals surface area contributed by atoms with Gasteiger partial charge in [0.15, 0.2) is 0 Å². The van der Waals surface area contributed by atoms with E-state index in [1.807, 2.05) is 5.57 Å². The van der Waals surface area contributed by atoms with Gasteiger partial charge in [-0.15, -0.1) is 0 Å². The molecular formula is C34H60Si. The van der Waals surface area contributed by atoms with Gasteiger partial charge in [0, 0.05) is 9.52 Å². The third-order valence-corrected chi connectivity index (χ3v) is 11.2. The van der Waals surface area contributed by atoms with Gasteiger partial charge in [0.05, 0.1) is 0 Å². The van der Waals surface area contributed by atoms with Crippen molar-refractivity contribution in [1.82, 2.24) is 0 Å². The molecule has 0 aliphatic heterocycles. The molecule has 2 aliphatic carbocycles. The van der Waals surface area contributed by atoms with E-state index in [0.29, 0.717) is 5.04 Å². The van der Waals surface area contributed by atoms with Crippen molar-refractivity contribution in [3.05, 3.63) is 47.6 Å². The predicted molar refractivity (Wildman–Crippen MR) is 163 cm³/mol. The van der Waals surface area contributed by atoms with Gasteiger partial charge in [-0.25, -0.2) is 0 Å². The third kappa shape index (κ3) is 13.3. The average Bonchev–Trinajstić information content (AvgIpc) is 3.23. The summed E-state index contributed by atoms with van der Waals surface area (Å²) in [5.74, 6) is 0. The van der Waals surface area contributed by atoms with Crippen LogP contribution in [0.25, 0.3) is 0 Å². The topological polar surface area (TPSA) is 0 Å². The summed E-state index contributed by atoms with van der Waals surface area (Å²) in [5, 5.41) is 0.476. The molecule has 0 spiro atoms. The van der Waals surface area contributed by atoms with E-state index in [-0.39, 0.29) is 9.52 Å². The molecule has 0 aromatic carbocycles. The normalized spacial score (nSPS) is 21.9. The van der Waals surface area contributed by atoms with Crippen molar-refractivity contribution in [2.45, 2.75) is 166 Å². The lowest BCUT2D eigenvalue weighted by molar-refractivity contribution is 0.529. The first-order chi connectivity index (χ1) is 17.2. The summed E-state index contributed by atoms with van der Waals surface area (Å²) < 4.78 is 0. The fourth-order valence-corrected chi connectivity index (χ4v) is 8.73. The quantitative estimate of drug-likeness (QED) is 0.103. The van der Waals surface area contributed by atoms with Gasteiger partial charge < -0.3 is 0 Å². The summed E-state index contributed by atoms with van der Waals surface area (Å²) in [4.78, 5) is 0. The van der Waals surface area contributed by atoms with E-state index in [1.54, 1.807) is 5.57 Å². The zero-order chi connectivity index (χ0) is 25.0. The van der Waals surface area contributed by atoms with E-state index in [0.717, 1.165) is 5.54 Å². The minimum absolute atomic E-state index is 0.207. The fraction of sp³-hybridized carbons (Fsp3) is 0.765. The number of rotatable bonds is 22. The molecule has 0 aromatic heterocycles. The molecule has 2 aliphatic rings. The van der Waals surface area contributed by atoms with Crippen molar-refractivity contribution in [3.63, 3.8) is 0 Å². The zero-order valence-electron chi connectivity index (χ0n) is 24.1. The monoisotopic (exact) mass is 496 g/mol. The molecule has 0 radical (unpaired) electrons. The predicted octanol–water partition coefficient (Wildman–Crippen LogP) is 11.3. The smallest absolute Gasteiger partial charge is 0.0447 e. The Morgan fingerprint density at radius 1 is 0.686 bits per heavy atom. The molecule has 0 saturated carbocycles. The Bertz CT molecular complexity index is 652. The van der Waals surface area contributed by atoms with Crippen molar-refractivity contribution in [1.29, 1.82) is 0 Å². The van der Waals surface area contributed by atoms with Gasteiger partial charge in [-0.05, 0) is 48.3 Å². The fourth-order valence-electron chi connectivity index (χ4n) is 6.13. The van der Waals surface area contributed by atoms with Crippen LogP contribution < -0.4 is 0 Å². The first-order valence-corrected chi connectivity index (χ1v) is 17.5. The van der Waals surface area contributed by atoms with Gasteiger partial charge in [-0.3, -0.25) is 0 Å². The number of hydrogen-bond acceptors (Lipinski definition) is 0. The summed E-state index contributed by atoms with van der Waals surface area (Å²) in [6, 6.07) is 0. The van der Waals surface area contributed by atoms with Crippen LogP contribution in [0, 0.1) is 0 Å². The molecule has 35 heavy (non-hydrogen) atoms. The lowest BCUT2D eigenvalue weighted by atomic mass is 9.98. The summed E-state index contributed by atoms with van der Waals surface area (Å²) in [5.41, 5.74) is 4.41. The molecule has 2 unspecified atom stereocenters. The van der Waals surface area contributed by atoms with E-state index < -0.39 is 0 Å². The summed E-state index contributed by atoms with van der Waals surface area (Å²) in [6.07, 6.45) is 44.5. The minimum atomic E-state index is -0.207. The van der Waals surface area contributed by atoms with Crippen LogP contribution in [0.15, 0.2) is 47.6 Å². The highest BCUT2D eigenvalue weighted by Gasteiger charge is 2.29. The Morgan fingerprint density at radius 2 is 1.23 bits per heavy atom. The van der Waals surface area contributed by atoms with E-state index in [1.165, 1.54) is 135 Å². The Hall–Kier alpha value is -0.823. The maximum atomic E-state index is 2.61. The van der Waals surface area contributed by atoms with Crippen LogP contribution in [0.2, 0.25) is 10.6 Å². The van der Waals surface area contributed by atoms with Crippen LogP contribution in [0.5, 0.6) is 0 Å². The summed E-state index contributed by atoms with van der Waals surface area (Å²) in [6.45, 7) is 7.16. The Balaban J connectivity index is 1.54. The number of allylic oxidation sites excluding steroid dienone is 8. The molecule has 0 bridgehead atoms. The maximum absolute atomic E-state index is 2.61. The van der Waals surface area contributed by atoms with Crippen molar-refractivity contribution in [2.24, 2.45) is 0 Å². The van der Waals surface area contributed by atoms with Crippen LogP contribution in [-0.4, -0.2) is 9.52 Å². The average molecular weight is 497 g/mol. The van der Waals surface area contributed by atoms with E-state index in [4.69, 9.17) is 0 Å².